The summed E-state index contributed by atoms with van der Waals surface area (Å²) in [4.78, 5) is 2.35. The van der Waals surface area contributed by atoms with Crippen molar-refractivity contribution in [1.82, 2.24) is 0 Å². The summed E-state index contributed by atoms with van der Waals surface area (Å²) in [7, 11) is 0. The number of unbranched alkanes of at least 4 members (excludes halogenated alkanes) is 1. The summed E-state index contributed by atoms with van der Waals surface area (Å²) in [6.45, 7) is 8.07. The molecule has 0 aliphatic heterocycles. The molecule has 1 aromatic rings. The van der Waals surface area contributed by atoms with Crippen LogP contribution in [0.5, 0.6) is 0 Å². The highest BCUT2D eigenvalue weighted by Crippen LogP contribution is 2.25. The Morgan fingerprint density at radius 1 is 1.37 bits per heavy atom. The fraction of sp³-hybridized carbons (Fsp3) is 0.562. The molecule has 2 N–H and O–H groups in total. The highest BCUT2D eigenvalue weighted by atomic mass is 15.2. The van der Waals surface area contributed by atoms with Crippen molar-refractivity contribution in [2.24, 2.45) is 5.73 Å². The molecule has 0 amide bonds. The monoisotopic (exact) mass is 259 g/mol. The number of nitrogens with two attached hydrogens (primary N) is 1. The summed E-state index contributed by atoms with van der Waals surface area (Å²) in [5.74, 6) is 0. The van der Waals surface area contributed by atoms with Gasteiger partial charge in [-0.25, -0.2) is 0 Å². The fourth-order valence-corrected chi connectivity index (χ4v) is 2.18. The second kappa shape index (κ2) is 7.81. The quantitative estimate of drug-likeness (QED) is 0.816. The van der Waals surface area contributed by atoms with E-state index < -0.39 is 0 Å². The third kappa shape index (κ3) is 3.97. The molecule has 0 saturated carbocycles. The minimum atomic E-state index is 0.447. The Bertz CT molecular complexity index is 434. The Kier molecular flexibility index (Phi) is 6.38. The third-order valence-electron chi connectivity index (χ3n) is 3.60. The van der Waals surface area contributed by atoms with Gasteiger partial charge in [-0.2, -0.15) is 5.26 Å². The Morgan fingerprint density at radius 3 is 2.63 bits per heavy atom. The van der Waals surface area contributed by atoms with Crippen LogP contribution in [0, 0.1) is 11.3 Å². The van der Waals surface area contributed by atoms with Gasteiger partial charge in [0.1, 0.15) is 6.07 Å². The van der Waals surface area contributed by atoms with Crippen molar-refractivity contribution in [3.05, 3.63) is 29.3 Å². The van der Waals surface area contributed by atoms with Gasteiger partial charge in [-0.1, -0.05) is 26.3 Å². The van der Waals surface area contributed by atoms with E-state index in [4.69, 9.17) is 5.73 Å². The normalized spacial score (nSPS) is 11.9. The topological polar surface area (TPSA) is 53.0 Å². The predicted octanol–water partition coefficient (Wildman–Crippen LogP) is 3.42. The molecule has 0 bridgehead atoms. The van der Waals surface area contributed by atoms with Gasteiger partial charge in [0.05, 0.1) is 11.3 Å². The standard InChI is InChI=1S/C16H25N3/c1-4-6-9-19(13(3)5-2)16-8-7-14(11-17)10-15(16)12-18/h7-8,10,13H,4-6,9,11,17H2,1-3H3. The minimum Gasteiger partial charge on any atom is -0.368 e. The number of benzene rings is 1. The lowest BCUT2D eigenvalue weighted by atomic mass is 10.1. The van der Waals surface area contributed by atoms with Crippen LogP contribution < -0.4 is 10.6 Å². The van der Waals surface area contributed by atoms with Gasteiger partial charge >= 0.3 is 0 Å². The van der Waals surface area contributed by atoms with Crippen molar-refractivity contribution in [1.29, 1.82) is 5.26 Å². The first-order valence-electron chi connectivity index (χ1n) is 7.17. The minimum absolute atomic E-state index is 0.447. The van der Waals surface area contributed by atoms with Crippen molar-refractivity contribution >= 4 is 5.69 Å². The average Bonchev–Trinajstić information content (AvgIpc) is 2.47. The fourth-order valence-electron chi connectivity index (χ4n) is 2.18. The Balaban J connectivity index is 3.10. The maximum Gasteiger partial charge on any atom is 0.101 e. The number of anilines is 1. The summed E-state index contributed by atoms with van der Waals surface area (Å²) in [5, 5.41) is 9.35. The molecule has 1 atom stereocenters. The molecule has 3 nitrogen and oxygen atoms in total. The molecule has 1 rings (SSSR count). The molecule has 104 valence electrons. The number of rotatable bonds is 7. The average molecular weight is 259 g/mol. The van der Waals surface area contributed by atoms with E-state index in [2.05, 4.69) is 31.7 Å². The highest BCUT2D eigenvalue weighted by Gasteiger charge is 2.16. The van der Waals surface area contributed by atoms with Crippen LogP contribution in [0.2, 0.25) is 0 Å². The molecule has 1 unspecified atom stereocenters. The summed E-state index contributed by atoms with van der Waals surface area (Å²) >= 11 is 0. The van der Waals surface area contributed by atoms with Crippen LogP contribution in [-0.2, 0) is 6.54 Å². The van der Waals surface area contributed by atoms with Crippen molar-refractivity contribution in [3.63, 3.8) is 0 Å². The molecule has 3 heteroatoms. The number of hydrogen-bond donors (Lipinski definition) is 1. The maximum atomic E-state index is 9.35. The molecule has 0 radical (unpaired) electrons. The van der Waals surface area contributed by atoms with Crippen molar-refractivity contribution in [3.8, 4) is 6.07 Å². The Hall–Kier alpha value is -1.53. The van der Waals surface area contributed by atoms with Crippen LogP contribution in [0.3, 0.4) is 0 Å². The van der Waals surface area contributed by atoms with E-state index >= 15 is 0 Å². The van der Waals surface area contributed by atoms with Crippen molar-refractivity contribution in [2.75, 3.05) is 11.4 Å². The van der Waals surface area contributed by atoms with E-state index in [-0.39, 0.29) is 0 Å². The smallest absolute Gasteiger partial charge is 0.101 e. The summed E-state index contributed by atoms with van der Waals surface area (Å²) in [6.07, 6.45) is 3.39. The number of nitriles is 1. The van der Waals surface area contributed by atoms with E-state index in [1.807, 2.05) is 18.2 Å². The molecule has 0 fully saturated rings. The van der Waals surface area contributed by atoms with Crippen molar-refractivity contribution in [2.45, 2.75) is 52.6 Å². The molecule has 0 heterocycles. The first-order chi connectivity index (χ1) is 9.17. The zero-order valence-corrected chi connectivity index (χ0v) is 12.3. The molecule has 19 heavy (non-hydrogen) atoms. The SMILES string of the molecule is CCCCN(c1ccc(CN)cc1C#N)C(C)CC. The van der Waals surface area contributed by atoms with Crippen LogP contribution in [-0.4, -0.2) is 12.6 Å². The van der Waals surface area contributed by atoms with Crippen LogP contribution >= 0.6 is 0 Å². The summed E-state index contributed by atoms with van der Waals surface area (Å²) in [5.41, 5.74) is 8.44. The van der Waals surface area contributed by atoms with E-state index in [1.54, 1.807) is 0 Å². The molecular formula is C16H25N3. The third-order valence-corrected chi connectivity index (χ3v) is 3.60. The van der Waals surface area contributed by atoms with Gasteiger partial charge in [0.2, 0.25) is 0 Å². The second-order valence-electron chi connectivity index (χ2n) is 4.97. The number of nitrogens with zero attached hydrogens (tertiary/aromatic N) is 2. The second-order valence-corrected chi connectivity index (χ2v) is 4.97. The van der Waals surface area contributed by atoms with E-state index in [9.17, 15) is 5.26 Å². The lowest BCUT2D eigenvalue weighted by Gasteiger charge is -2.31. The van der Waals surface area contributed by atoms with Crippen LogP contribution in [0.1, 0.15) is 51.2 Å². The molecule has 0 aliphatic rings. The van der Waals surface area contributed by atoms with Gasteiger partial charge in [0.25, 0.3) is 0 Å². The lowest BCUT2D eigenvalue weighted by Crippen LogP contribution is -2.34. The zero-order chi connectivity index (χ0) is 14.3. The molecule has 0 spiro atoms. The first-order valence-corrected chi connectivity index (χ1v) is 7.17. The van der Waals surface area contributed by atoms with Crippen molar-refractivity contribution < 1.29 is 0 Å². The van der Waals surface area contributed by atoms with Gasteiger partial charge in [0.15, 0.2) is 0 Å². The highest BCUT2D eigenvalue weighted by molar-refractivity contribution is 5.61. The summed E-state index contributed by atoms with van der Waals surface area (Å²) in [6, 6.07) is 8.74. The molecule has 1 aromatic carbocycles. The van der Waals surface area contributed by atoms with Gasteiger partial charge in [-0.3, -0.25) is 0 Å². The number of hydrogen-bond acceptors (Lipinski definition) is 3. The van der Waals surface area contributed by atoms with Crippen LogP contribution in [0.15, 0.2) is 18.2 Å². The molecular weight excluding hydrogens is 234 g/mol. The molecule has 0 aliphatic carbocycles. The van der Waals surface area contributed by atoms with Gasteiger partial charge in [0, 0.05) is 19.1 Å². The van der Waals surface area contributed by atoms with Gasteiger partial charge in [-0.15, -0.1) is 0 Å². The van der Waals surface area contributed by atoms with Gasteiger partial charge < -0.3 is 10.6 Å². The maximum absolute atomic E-state index is 9.35. The van der Waals surface area contributed by atoms with Crippen LogP contribution in [0.25, 0.3) is 0 Å². The lowest BCUT2D eigenvalue weighted by molar-refractivity contribution is 0.595. The first kappa shape index (κ1) is 15.5. The van der Waals surface area contributed by atoms with Gasteiger partial charge in [-0.05, 0) is 37.5 Å². The van der Waals surface area contributed by atoms with E-state index in [1.165, 1.54) is 0 Å². The molecule has 0 aromatic heterocycles. The van der Waals surface area contributed by atoms with E-state index in [0.717, 1.165) is 42.6 Å². The van der Waals surface area contributed by atoms with E-state index in [0.29, 0.717) is 12.6 Å². The zero-order valence-electron chi connectivity index (χ0n) is 12.3. The Morgan fingerprint density at radius 2 is 2.11 bits per heavy atom. The predicted molar refractivity (Wildman–Crippen MR) is 81.1 cm³/mol. The largest absolute Gasteiger partial charge is 0.368 e. The Labute approximate surface area is 117 Å². The van der Waals surface area contributed by atoms with Crippen LogP contribution in [0.4, 0.5) is 5.69 Å². The summed E-state index contributed by atoms with van der Waals surface area (Å²) < 4.78 is 0. The molecule has 0 saturated heterocycles.